The van der Waals surface area contributed by atoms with E-state index >= 15 is 0 Å². The standard InChI is InChI=1S/C19H19Cl4FN2O2/c1-25-11-3-5-15(25)17-12-6-10(20)2-4-14(12)26(16(17)7-11)8-13(24)18(27)28-9-19(21,22)23/h2,4,6,11,13,15H,3,5,7-9H2,1H3. The Labute approximate surface area is 182 Å². The van der Waals surface area contributed by atoms with Crippen LogP contribution in [0.5, 0.6) is 0 Å². The maximum atomic E-state index is 14.7. The molecule has 0 N–H and O–H groups in total. The molecule has 3 unspecified atom stereocenters. The third-order valence-electron chi connectivity index (χ3n) is 5.76. The fraction of sp³-hybridized carbons (Fsp3) is 0.526. The highest BCUT2D eigenvalue weighted by molar-refractivity contribution is 6.67. The molecule has 1 aromatic heterocycles. The highest BCUT2D eigenvalue weighted by atomic mass is 35.6. The maximum Gasteiger partial charge on any atom is 0.342 e. The monoisotopic (exact) mass is 466 g/mol. The van der Waals surface area contributed by atoms with Gasteiger partial charge in [-0.25, -0.2) is 9.18 Å². The second-order valence-electron chi connectivity index (χ2n) is 7.44. The van der Waals surface area contributed by atoms with E-state index in [4.69, 9.17) is 51.1 Å². The SMILES string of the molecule is CN1C2CCC1c1c(n(CC(F)C(=O)OCC(Cl)(Cl)Cl)c3ccc(Cl)cc13)C2. The Balaban J connectivity index is 1.68. The highest BCUT2D eigenvalue weighted by Gasteiger charge is 2.41. The van der Waals surface area contributed by atoms with Crippen LogP contribution in [-0.4, -0.2) is 45.1 Å². The van der Waals surface area contributed by atoms with Crippen LogP contribution in [0.15, 0.2) is 18.2 Å². The number of carbonyl (C=O) groups excluding carboxylic acids is 1. The van der Waals surface area contributed by atoms with Crippen LogP contribution in [0.4, 0.5) is 4.39 Å². The first-order valence-electron chi connectivity index (χ1n) is 9.05. The van der Waals surface area contributed by atoms with Crippen molar-refractivity contribution in [1.82, 2.24) is 9.47 Å². The summed E-state index contributed by atoms with van der Waals surface area (Å²) in [5.41, 5.74) is 3.13. The van der Waals surface area contributed by atoms with Crippen molar-refractivity contribution in [3.05, 3.63) is 34.5 Å². The topological polar surface area (TPSA) is 34.5 Å². The molecular weight excluding hydrogens is 449 g/mol. The van der Waals surface area contributed by atoms with E-state index in [0.717, 1.165) is 35.9 Å². The van der Waals surface area contributed by atoms with Gasteiger partial charge in [0, 0.05) is 40.1 Å². The number of aromatic nitrogens is 1. The van der Waals surface area contributed by atoms with Gasteiger partial charge in [0.2, 0.25) is 9.96 Å². The number of alkyl halides is 4. The Morgan fingerprint density at radius 3 is 2.82 bits per heavy atom. The number of nitrogens with zero attached hydrogens (tertiary/aromatic N) is 2. The minimum absolute atomic E-state index is 0.144. The van der Waals surface area contributed by atoms with Crippen molar-refractivity contribution in [3.63, 3.8) is 0 Å². The largest absolute Gasteiger partial charge is 0.459 e. The van der Waals surface area contributed by atoms with Crippen LogP contribution < -0.4 is 0 Å². The Hall–Kier alpha value is -0.720. The number of carbonyl (C=O) groups is 1. The summed E-state index contributed by atoms with van der Waals surface area (Å²) in [6.45, 7) is -0.638. The van der Waals surface area contributed by atoms with E-state index in [1.54, 1.807) is 6.07 Å². The molecule has 152 valence electrons. The molecule has 2 aliphatic heterocycles. The number of esters is 1. The van der Waals surface area contributed by atoms with Gasteiger partial charge in [0.1, 0.15) is 6.61 Å². The molecule has 2 aromatic rings. The molecule has 1 fully saturated rings. The van der Waals surface area contributed by atoms with Gasteiger partial charge >= 0.3 is 5.97 Å². The molecule has 4 rings (SSSR count). The summed E-state index contributed by atoms with van der Waals surface area (Å²) in [5, 5.41) is 1.65. The molecule has 28 heavy (non-hydrogen) atoms. The molecule has 1 saturated heterocycles. The Kier molecular flexibility index (Phi) is 5.51. The minimum Gasteiger partial charge on any atom is -0.459 e. The summed E-state index contributed by atoms with van der Waals surface area (Å²) in [5.74, 6) is -1.04. The van der Waals surface area contributed by atoms with Crippen LogP contribution in [0, 0.1) is 0 Å². The van der Waals surface area contributed by atoms with Crippen molar-refractivity contribution >= 4 is 63.3 Å². The zero-order chi connectivity index (χ0) is 20.2. The van der Waals surface area contributed by atoms with Gasteiger partial charge < -0.3 is 9.30 Å². The first-order valence-corrected chi connectivity index (χ1v) is 10.6. The van der Waals surface area contributed by atoms with E-state index in [2.05, 4.69) is 11.9 Å². The summed E-state index contributed by atoms with van der Waals surface area (Å²) < 4.78 is 19.7. The van der Waals surface area contributed by atoms with Crippen molar-refractivity contribution in [2.24, 2.45) is 0 Å². The van der Waals surface area contributed by atoms with Gasteiger partial charge in [-0.05, 0) is 43.7 Å². The van der Waals surface area contributed by atoms with Crippen LogP contribution in [0.25, 0.3) is 10.9 Å². The van der Waals surface area contributed by atoms with Gasteiger partial charge in [-0.1, -0.05) is 46.4 Å². The lowest BCUT2D eigenvalue weighted by atomic mass is 9.97. The lowest BCUT2D eigenvalue weighted by Crippen LogP contribution is -2.35. The van der Waals surface area contributed by atoms with Crippen molar-refractivity contribution in [2.75, 3.05) is 13.7 Å². The Bertz CT molecular complexity index is 927. The molecular formula is C19H19Cl4FN2O2. The van der Waals surface area contributed by atoms with Crippen LogP contribution in [0.2, 0.25) is 5.02 Å². The number of fused-ring (bicyclic) bond motifs is 6. The Morgan fingerprint density at radius 1 is 1.36 bits per heavy atom. The molecule has 3 atom stereocenters. The van der Waals surface area contributed by atoms with E-state index in [-0.39, 0.29) is 12.6 Å². The van der Waals surface area contributed by atoms with Crippen molar-refractivity contribution in [1.29, 1.82) is 0 Å². The molecule has 3 heterocycles. The number of hydrogen-bond donors (Lipinski definition) is 0. The highest BCUT2D eigenvalue weighted by Crippen LogP contribution is 2.47. The van der Waals surface area contributed by atoms with E-state index in [0.29, 0.717) is 11.1 Å². The second-order valence-corrected chi connectivity index (χ2v) is 10.4. The molecule has 0 amide bonds. The quantitative estimate of drug-likeness (QED) is 0.455. The summed E-state index contributed by atoms with van der Waals surface area (Å²) in [4.78, 5) is 14.4. The lowest BCUT2D eigenvalue weighted by molar-refractivity contribution is -0.149. The lowest BCUT2D eigenvalue weighted by Gasteiger charge is -2.32. The summed E-state index contributed by atoms with van der Waals surface area (Å²) in [7, 11) is 2.13. The average Bonchev–Trinajstić information content (AvgIpc) is 3.02. The van der Waals surface area contributed by atoms with E-state index < -0.39 is 22.5 Å². The van der Waals surface area contributed by atoms with Crippen molar-refractivity contribution < 1.29 is 13.9 Å². The second kappa shape index (κ2) is 7.51. The molecule has 9 heteroatoms. The number of likely N-dealkylation sites (N-methyl/N-ethyl adjacent to an activating group) is 1. The zero-order valence-electron chi connectivity index (χ0n) is 15.1. The smallest absolute Gasteiger partial charge is 0.342 e. The van der Waals surface area contributed by atoms with Crippen LogP contribution in [-0.2, 0) is 22.5 Å². The molecule has 1 aromatic carbocycles. The maximum absolute atomic E-state index is 14.7. The van der Waals surface area contributed by atoms with Crippen LogP contribution >= 0.6 is 46.4 Å². The third-order valence-corrected chi connectivity index (χ3v) is 6.32. The molecule has 0 aliphatic carbocycles. The first kappa shape index (κ1) is 20.5. The number of hydrogen-bond acceptors (Lipinski definition) is 3. The van der Waals surface area contributed by atoms with Gasteiger partial charge in [0.25, 0.3) is 0 Å². The van der Waals surface area contributed by atoms with Crippen LogP contribution in [0.1, 0.15) is 30.1 Å². The van der Waals surface area contributed by atoms with Crippen LogP contribution in [0.3, 0.4) is 0 Å². The van der Waals surface area contributed by atoms with E-state index in [1.807, 2.05) is 16.7 Å². The molecule has 4 nitrogen and oxygen atoms in total. The summed E-state index contributed by atoms with van der Waals surface area (Å²) in [6.07, 6.45) is 1.11. The average molecular weight is 468 g/mol. The fourth-order valence-corrected chi connectivity index (χ4v) is 4.85. The molecule has 2 bridgehead atoms. The van der Waals surface area contributed by atoms with E-state index in [1.165, 1.54) is 5.56 Å². The fourth-order valence-electron chi connectivity index (χ4n) is 4.51. The number of benzene rings is 1. The predicted molar refractivity (Wildman–Crippen MR) is 110 cm³/mol. The van der Waals surface area contributed by atoms with Gasteiger partial charge in [-0.2, -0.15) is 0 Å². The number of halogens is 5. The van der Waals surface area contributed by atoms with Gasteiger partial charge in [-0.15, -0.1) is 0 Å². The van der Waals surface area contributed by atoms with E-state index in [9.17, 15) is 9.18 Å². The minimum atomic E-state index is -1.86. The Morgan fingerprint density at radius 2 is 2.11 bits per heavy atom. The molecule has 0 saturated carbocycles. The number of rotatable bonds is 4. The summed E-state index contributed by atoms with van der Waals surface area (Å²) in [6, 6.07) is 6.29. The third kappa shape index (κ3) is 3.72. The molecule has 0 spiro atoms. The van der Waals surface area contributed by atoms with Gasteiger partial charge in [-0.3, -0.25) is 4.90 Å². The number of ether oxygens (including phenoxy) is 1. The molecule has 2 aliphatic rings. The normalized spacial score (nSPS) is 23.1. The predicted octanol–water partition coefficient (Wildman–Crippen LogP) is 5.24. The zero-order valence-corrected chi connectivity index (χ0v) is 18.1. The van der Waals surface area contributed by atoms with Gasteiger partial charge in [0.05, 0.1) is 6.54 Å². The molecule has 0 radical (unpaired) electrons. The van der Waals surface area contributed by atoms with Crippen molar-refractivity contribution in [2.45, 2.75) is 47.9 Å². The summed E-state index contributed by atoms with van der Waals surface area (Å²) >= 11 is 23.0. The van der Waals surface area contributed by atoms with Gasteiger partial charge in [0.15, 0.2) is 0 Å². The first-order chi connectivity index (χ1) is 13.2. The van der Waals surface area contributed by atoms with Crippen molar-refractivity contribution in [3.8, 4) is 0 Å².